The maximum Gasteiger partial charge on any atom is 0.402 e. The van der Waals surface area contributed by atoms with E-state index >= 15 is 0 Å². The van der Waals surface area contributed by atoms with Gasteiger partial charge in [-0.3, -0.25) is 0 Å². The Morgan fingerprint density at radius 1 is 1.44 bits per heavy atom. The standard InChI is InChI=1S/C8H13BrF3NO2S/c1-6(7-2-3-7)13(4-8(10,11)12)16(14,15)5-9/h6-7H,2-5H2,1H3. The molecular formula is C8H13BrF3NO2S. The van der Waals surface area contributed by atoms with E-state index in [4.69, 9.17) is 0 Å². The molecule has 1 atom stereocenters. The monoisotopic (exact) mass is 323 g/mol. The Hall–Kier alpha value is 0.180. The summed E-state index contributed by atoms with van der Waals surface area (Å²) in [6, 6.07) is -0.579. The van der Waals surface area contributed by atoms with E-state index < -0.39 is 33.4 Å². The summed E-state index contributed by atoms with van der Waals surface area (Å²) in [5, 5.41) is 0. The van der Waals surface area contributed by atoms with Gasteiger partial charge in [-0.15, -0.1) is 0 Å². The zero-order valence-corrected chi connectivity index (χ0v) is 11.1. The topological polar surface area (TPSA) is 37.4 Å². The number of nitrogens with zero attached hydrogens (tertiary/aromatic N) is 1. The van der Waals surface area contributed by atoms with Crippen LogP contribution >= 0.6 is 15.9 Å². The van der Waals surface area contributed by atoms with Crippen LogP contribution in [0.5, 0.6) is 0 Å². The highest BCUT2D eigenvalue weighted by atomic mass is 79.9. The second-order valence-corrected chi connectivity index (χ2v) is 7.18. The molecule has 0 amide bonds. The van der Waals surface area contributed by atoms with Crippen LogP contribution in [-0.4, -0.2) is 36.1 Å². The molecule has 0 aromatic rings. The number of alkyl halides is 4. The van der Waals surface area contributed by atoms with Crippen LogP contribution in [0.3, 0.4) is 0 Å². The highest BCUT2D eigenvalue weighted by molar-refractivity contribution is 9.10. The molecule has 16 heavy (non-hydrogen) atoms. The van der Waals surface area contributed by atoms with Gasteiger partial charge in [-0.25, -0.2) is 8.42 Å². The molecule has 3 nitrogen and oxygen atoms in total. The van der Waals surface area contributed by atoms with Gasteiger partial charge in [0.05, 0.1) is 0 Å². The molecule has 0 aliphatic heterocycles. The van der Waals surface area contributed by atoms with E-state index in [1.807, 2.05) is 0 Å². The minimum absolute atomic E-state index is 0.0659. The van der Waals surface area contributed by atoms with Crippen molar-refractivity contribution < 1.29 is 21.6 Å². The second-order valence-electron chi connectivity index (χ2n) is 3.96. The minimum Gasteiger partial charge on any atom is -0.211 e. The third-order valence-corrected chi connectivity index (χ3v) is 5.78. The fraction of sp³-hybridized carbons (Fsp3) is 1.00. The van der Waals surface area contributed by atoms with E-state index in [0.717, 1.165) is 12.8 Å². The summed E-state index contributed by atoms with van der Waals surface area (Å²) in [7, 11) is -3.87. The molecule has 0 aromatic heterocycles. The lowest BCUT2D eigenvalue weighted by molar-refractivity contribution is -0.139. The van der Waals surface area contributed by atoms with Crippen LogP contribution in [0.4, 0.5) is 13.2 Å². The molecule has 0 radical (unpaired) electrons. The van der Waals surface area contributed by atoms with E-state index in [9.17, 15) is 21.6 Å². The normalized spacial score (nSPS) is 20.1. The van der Waals surface area contributed by atoms with Crippen LogP contribution in [0.25, 0.3) is 0 Å². The van der Waals surface area contributed by atoms with Crippen LogP contribution in [0, 0.1) is 5.92 Å². The van der Waals surface area contributed by atoms with Crippen molar-refractivity contribution in [1.82, 2.24) is 4.31 Å². The summed E-state index contributed by atoms with van der Waals surface area (Å²) < 4.78 is 60.0. The van der Waals surface area contributed by atoms with Crippen molar-refractivity contribution in [2.45, 2.75) is 32.0 Å². The average molecular weight is 324 g/mol. The third kappa shape index (κ3) is 3.89. The van der Waals surface area contributed by atoms with Crippen molar-refractivity contribution in [2.75, 3.05) is 11.2 Å². The van der Waals surface area contributed by atoms with Crippen molar-refractivity contribution in [3.8, 4) is 0 Å². The van der Waals surface area contributed by atoms with Crippen LogP contribution in [0.15, 0.2) is 0 Å². The van der Waals surface area contributed by atoms with E-state index in [1.165, 1.54) is 6.92 Å². The van der Waals surface area contributed by atoms with Crippen LogP contribution < -0.4 is 0 Å². The first-order chi connectivity index (χ1) is 7.17. The minimum atomic E-state index is -4.50. The van der Waals surface area contributed by atoms with Crippen molar-refractivity contribution in [3.63, 3.8) is 0 Å². The fourth-order valence-corrected chi connectivity index (χ4v) is 3.49. The maximum absolute atomic E-state index is 12.3. The second kappa shape index (κ2) is 4.81. The number of hydrogen-bond acceptors (Lipinski definition) is 2. The Morgan fingerprint density at radius 3 is 2.25 bits per heavy atom. The van der Waals surface area contributed by atoms with Crippen molar-refractivity contribution >= 4 is 26.0 Å². The van der Waals surface area contributed by atoms with Gasteiger partial charge in [0, 0.05) is 6.04 Å². The summed E-state index contributed by atoms with van der Waals surface area (Å²) in [6.45, 7) is 0.127. The van der Waals surface area contributed by atoms with Crippen molar-refractivity contribution in [1.29, 1.82) is 0 Å². The molecular weight excluding hydrogens is 311 g/mol. The maximum atomic E-state index is 12.3. The quantitative estimate of drug-likeness (QED) is 0.728. The lowest BCUT2D eigenvalue weighted by Gasteiger charge is -2.28. The molecule has 0 aromatic carbocycles. The molecule has 1 rings (SSSR count). The van der Waals surface area contributed by atoms with Gasteiger partial charge in [-0.05, 0) is 25.7 Å². The predicted octanol–water partition coefficient (Wildman–Crippen LogP) is 2.33. The highest BCUT2D eigenvalue weighted by Gasteiger charge is 2.43. The van der Waals surface area contributed by atoms with E-state index in [-0.39, 0.29) is 5.92 Å². The molecule has 8 heteroatoms. The molecule has 96 valence electrons. The smallest absolute Gasteiger partial charge is 0.211 e. The molecule has 0 saturated heterocycles. The SMILES string of the molecule is CC(C1CC1)N(CC(F)(F)F)S(=O)(=O)CBr. The first kappa shape index (κ1) is 14.2. The van der Waals surface area contributed by atoms with Gasteiger partial charge in [0.1, 0.15) is 11.2 Å². The Morgan fingerprint density at radius 2 is 1.94 bits per heavy atom. The summed E-state index contributed by atoms with van der Waals surface area (Å²) in [6.07, 6.45) is -2.90. The largest absolute Gasteiger partial charge is 0.402 e. The highest BCUT2D eigenvalue weighted by Crippen LogP contribution is 2.37. The third-order valence-electron chi connectivity index (χ3n) is 2.59. The molecule has 0 bridgehead atoms. The molecule has 0 spiro atoms. The summed E-state index contributed by atoms with van der Waals surface area (Å²) in [4.78, 5) is 0. The van der Waals surface area contributed by atoms with Gasteiger partial charge < -0.3 is 0 Å². The van der Waals surface area contributed by atoms with Gasteiger partial charge >= 0.3 is 6.18 Å². The first-order valence-electron chi connectivity index (χ1n) is 4.79. The van der Waals surface area contributed by atoms with E-state index in [0.29, 0.717) is 4.31 Å². The van der Waals surface area contributed by atoms with Gasteiger partial charge in [-0.1, -0.05) is 15.9 Å². The zero-order chi connectivity index (χ0) is 12.6. The number of halogens is 4. The van der Waals surface area contributed by atoms with Crippen LogP contribution in [0.2, 0.25) is 0 Å². The molecule has 1 fully saturated rings. The summed E-state index contributed by atoms with van der Waals surface area (Å²) >= 11 is 2.72. The number of rotatable bonds is 5. The lowest BCUT2D eigenvalue weighted by atomic mass is 10.2. The van der Waals surface area contributed by atoms with Gasteiger partial charge in [-0.2, -0.15) is 17.5 Å². The van der Waals surface area contributed by atoms with Crippen LogP contribution in [-0.2, 0) is 10.0 Å². The van der Waals surface area contributed by atoms with Gasteiger partial charge in [0.2, 0.25) is 10.0 Å². The molecule has 1 saturated carbocycles. The Kier molecular flexibility index (Phi) is 4.29. The van der Waals surface area contributed by atoms with Crippen molar-refractivity contribution in [3.05, 3.63) is 0 Å². The Labute approximate surface area is 101 Å². The first-order valence-corrected chi connectivity index (χ1v) is 7.52. The number of hydrogen-bond donors (Lipinski definition) is 0. The van der Waals surface area contributed by atoms with Gasteiger partial charge in [0.15, 0.2) is 0 Å². The Balaban J connectivity index is 2.84. The molecule has 1 aliphatic rings. The Bertz CT molecular complexity index is 340. The molecule has 0 N–H and O–H groups in total. The van der Waals surface area contributed by atoms with Crippen LogP contribution in [0.1, 0.15) is 19.8 Å². The molecule has 1 aliphatic carbocycles. The van der Waals surface area contributed by atoms with E-state index in [2.05, 4.69) is 15.9 Å². The fourth-order valence-electron chi connectivity index (χ4n) is 1.55. The molecule has 1 unspecified atom stereocenters. The zero-order valence-electron chi connectivity index (χ0n) is 8.67. The summed E-state index contributed by atoms with van der Waals surface area (Å²) in [5.74, 6) is 0.0659. The average Bonchev–Trinajstić information content (AvgIpc) is 2.94. The van der Waals surface area contributed by atoms with Gasteiger partial charge in [0.25, 0.3) is 0 Å². The van der Waals surface area contributed by atoms with Crippen molar-refractivity contribution in [2.24, 2.45) is 5.92 Å². The summed E-state index contributed by atoms with van der Waals surface area (Å²) in [5.41, 5.74) is 0. The lowest BCUT2D eigenvalue weighted by Crippen LogP contribution is -2.45. The number of sulfonamides is 1. The predicted molar refractivity (Wildman–Crippen MR) is 57.7 cm³/mol. The van der Waals surface area contributed by atoms with E-state index in [1.54, 1.807) is 0 Å². The molecule has 0 heterocycles.